The van der Waals surface area contributed by atoms with E-state index in [0.29, 0.717) is 17.9 Å². The number of fused-ring (bicyclic) bond motifs is 1. The number of carbonyl (C=O) groups excluding carboxylic acids is 1. The van der Waals surface area contributed by atoms with Crippen LogP contribution in [-0.4, -0.2) is 26.2 Å². The van der Waals surface area contributed by atoms with E-state index in [0.717, 1.165) is 12.2 Å². The van der Waals surface area contributed by atoms with Gasteiger partial charge in [-0.1, -0.05) is 6.07 Å². The lowest BCUT2D eigenvalue weighted by molar-refractivity contribution is 0.0595. The third-order valence-corrected chi connectivity index (χ3v) is 3.55. The van der Waals surface area contributed by atoms with Crippen LogP contribution in [-0.2, 0) is 4.74 Å². The summed E-state index contributed by atoms with van der Waals surface area (Å²) >= 11 is 0. The van der Waals surface area contributed by atoms with Gasteiger partial charge >= 0.3 is 5.97 Å². The molecule has 0 bridgehead atoms. The van der Waals surface area contributed by atoms with Crippen molar-refractivity contribution >= 4 is 11.7 Å². The summed E-state index contributed by atoms with van der Waals surface area (Å²) in [5.74, 6) is 0.276. The van der Waals surface area contributed by atoms with Crippen molar-refractivity contribution in [3.05, 3.63) is 23.8 Å². The van der Waals surface area contributed by atoms with Crippen LogP contribution < -0.4 is 10.1 Å². The van der Waals surface area contributed by atoms with Crippen molar-refractivity contribution in [2.24, 2.45) is 5.41 Å². The van der Waals surface area contributed by atoms with Gasteiger partial charge in [-0.05, 0) is 25.0 Å². The standard InChI is InChI=1S/C13H15NO3/c1-16-12(15)9-3-2-4-10-11(9)17-8-13(5-6-13)7-14-10/h2-4,14H,5-8H2,1H3. The van der Waals surface area contributed by atoms with Gasteiger partial charge in [0.05, 0.1) is 19.4 Å². The first-order valence-corrected chi connectivity index (χ1v) is 5.82. The fourth-order valence-electron chi connectivity index (χ4n) is 2.16. The second kappa shape index (κ2) is 3.65. The maximum Gasteiger partial charge on any atom is 0.341 e. The summed E-state index contributed by atoms with van der Waals surface area (Å²) in [6.45, 7) is 1.60. The summed E-state index contributed by atoms with van der Waals surface area (Å²) < 4.78 is 10.6. The topological polar surface area (TPSA) is 47.6 Å². The average Bonchev–Trinajstić information content (AvgIpc) is 3.16. The van der Waals surface area contributed by atoms with E-state index in [4.69, 9.17) is 9.47 Å². The van der Waals surface area contributed by atoms with Crippen molar-refractivity contribution in [1.82, 2.24) is 0 Å². The number of methoxy groups -OCH3 is 1. The number of esters is 1. The molecule has 1 aromatic rings. The Kier molecular flexibility index (Phi) is 2.24. The van der Waals surface area contributed by atoms with Gasteiger partial charge in [-0.25, -0.2) is 4.79 Å². The molecule has 1 saturated carbocycles. The molecule has 90 valence electrons. The fraction of sp³-hybridized carbons (Fsp3) is 0.462. The Hall–Kier alpha value is -1.71. The molecule has 4 nitrogen and oxygen atoms in total. The zero-order valence-corrected chi connectivity index (χ0v) is 9.79. The Labute approximate surface area is 99.9 Å². The Bertz CT molecular complexity index is 466. The van der Waals surface area contributed by atoms with Crippen molar-refractivity contribution < 1.29 is 14.3 Å². The molecule has 0 saturated heterocycles. The smallest absolute Gasteiger partial charge is 0.341 e. The minimum Gasteiger partial charge on any atom is -0.490 e. The van der Waals surface area contributed by atoms with Crippen molar-refractivity contribution in [2.75, 3.05) is 25.6 Å². The van der Waals surface area contributed by atoms with E-state index in [9.17, 15) is 4.79 Å². The van der Waals surface area contributed by atoms with Gasteiger partial charge in [0.2, 0.25) is 0 Å². The second-order valence-corrected chi connectivity index (χ2v) is 4.82. The van der Waals surface area contributed by atoms with Crippen LogP contribution in [0.3, 0.4) is 0 Å². The zero-order valence-electron chi connectivity index (χ0n) is 9.79. The molecule has 2 aliphatic rings. The molecular formula is C13H15NO3. The van der Waals surface area contributed by atoms with Crippen LogP contribution >= 0.6 is 0 Å². The van der Waals surface area contributed by atoms with E-state index in [1.54, 1.807) is 6.07 Å². The van der Waals surface area contributed by atoms with Crippen molar-refractivity contribution in [3.63, 3.8) is 0 Å². The van der Waals surface area contributed by atoms with Crippen molar-refractivity contribution in [3.8, 4) is 5.75 Å². The molecule has 0 unspecified atom stereocenters. The number of anilines is 1. The number of para-hydroxylation sites is 1. The first-order valence-electron chi connectivity index (χ1n) is 5.82. The molecule has 1 fully saturated rings. The molecule has 17 heavy (non-hydrogen) atoms. The molecule has 1 aliphatic carbocycles. The molecule has 1 spiro atoms. The lowest BCUT2D eigenvalue weighted by atomic mass is 10.1. The highest BCUT2D eigenvalue weighted by molar-refractivity contribution is 5.94. The van der Waals surface area contributed by atoms with E-state index in [1.165, 1.54) is 20.0 Å². The monoisotopic (exact) mass is 233 g/mol. The predicted octanol–water partition coefficient (Wildman–Crippen LogP) is 2.06. The Morgan fingerprint density at radius 2 is 2.29 bits per heavy atom. The van der Waals surface area contributed by atoms with Crippen molar-refractivity contribution in [2.45, 2.75) is 12.8 Å². The minimum atomic E-state index is -0.351. The minimum absolute atomic E-state index is 0.284. The van der Waals surface area contributed by atoms with Crippen LogP contribution in [0.25, 0.3) is 0 Å². The number of ether oxygens (including phenoxy) is 2. The summed E-state index contributed by atoms with van der Waals surface area (Å²) in [4.78, 5) is 11.6. The number of rotatable bonds is 1. The lowest BCUT2D eigenvalue weighted by Crippen LogP contribution is -2.18. The summed E-state index contributed by atoms with van der Waals surface area (Å²) in [6, 6.07) is 5.51. The van der Waals surface area contributed by atoms with Gasteiger partial charge in [-0.15, -0.1) is 0 Å². The van der Waals surface area contributed by atoms with Crippen LogP contribution in [0.2, 0.25) is 0 Å². The first-order chi connectivity index (χ1) is 8.24. The average molecular weight is 233 g/mol. The quantitative estimate of drug-likeness (QED) is 0.754. The van der Waals surface area contributed by atoms with Gasteiger partial charge in [0.1, 0.15) is 5.56 Å². The Morgan fingerprint density at radius 3 is 3.00 bits per heavy atom. The number of carbonyl (C=O) groups is 1. The van der Waals surface area contributed by atoms with E-state index in [-0.39, 0.29) is 11.4 Å². The number of benzene rings is 1. The molecule has 0 radical (unpaired) electrons. The van der Waals surface area contributed by atoms with Crippen LogP contribution in [0.15, 0.2) is 18.2 Å². The highest BCUT2D eigenvalue weighted by Crippen LogP contribution is 2.48. The molecule has 1 heterocycles. The molecule has 4 heteroatoms. The molecule has 0 atom stereocenters. The molecule has 0 amide bonds. The van der Waals surface area contributed by atoms with E-state index in [2.05, 4.69) is 5.32 Å². The third kappa shape index (κ3) is 1.73. The zero-order chi connectivity index (χ0) is 11.9. The van der Waals surface area contributed by atoms with E-state index < -0.39 is 0 Å². The summed E-state index contributed by atoms with van der Waals surface area (Å²) in [5, 5.41) is 3.36. The molecule has 3 rings (SSSR count). The lowest BCUT2D eigenvalue weighted by Gasteiger charge is -2.11. The SMILES string of the molecule is COC(=O)c1cccc2c1OCC1(CC1)CN2. The van der Waals surface area contributed by atoms with Crippen LogP contribution in [0.5, 0.6) is 5.75 Å². The normalized spacial score (nSPS) is 19.6. The highest BCUT2D eigenvalue weighted by atomic mass is 16.5. The van der Waals surface area contributed by atoms with Gasteiger partial charge in [0.15, 0.2) is 5.75 Å². The molecule has 1 aliphatic heterocycles. The molecular weight excluding hydrogens is 218 g/mol. The summed E-state index contributed by atoms with van der Waals surface area (Å²) in [6.07, 6.45) is 2.39. The first kappa shape index (κ1) is 10.4. The largest absolute Gasteiger partial charge is 0.490 e. The van der Waals surface area contributed by atoms with Gasteiger partial charge in [0.25, 0.3) is 0 Å². The van der Waals surface area contributed by atoms with Gasteiger partial charge in [-0.3, -0.25) is 0 Å². The van der Waals surface area contributed by atoms with Gasteiger partial charge in [-0.2, -0.15) is 0 Å². The van der Waals surface area contributed by atoms with E-state index in [1.807, 2.05) is 12.1 Å². The summed E-state index contributed by atoms with van der Waals surface area (Å²) in [5.41, 5.74) is 1.67. The van der Waals surface area contributed by atoms with Crippen molar-refractivity contribution in [1.29, 1.82) is 0 Å². The van der Waals surface area contributed by atoms with E-state index >= 15 is 0 Å². The number of hydrogen-bond donors (Lipinski definition) is 1. The van der Waals surface area contributed by atoms with Crippen LogP contribution in [0, 0.1) is 5.41 Å². The molecule has 0 aromatic heterocycles. The molecule has 1 N–H and O–H groups in total. The van der Waals surface area contributed by atoms with Crippen LogP contribution in [0.4, 0.5) is 5.69 Å². The Morgan fingerprint density at radius 1 is 1.47 bits per heavy atom. The maximum atomic E-state index is 11.6. The summed E-state index contributed by atoms with van der Waals surface area (Å²) in [7, 11) is 1.38. The number of hydrogen-bond acceptors (Lipinski definition) is 4. The highest BCUT2D eigenvalue weighted by Gasteiger charge is 2.45. The Balaban J connectivity index is 1.97. The van der Waals surface area contributed by atoms with Gasteiger partial charge < -0.3 is 14.8 Å². The van der Waals surface area contributed by atoms with Crippen LogP contribution in [0.1, 0.15) is 23.2 Å². The predicted molar refractivity (Wildman–Crippen MR) is 63.4 cm³/mol. The third-order valence-electron chi connectivity index (χ3n) is 3.55. The number of nitrogens with one attached hydrogen (secondary N) is 1. The maximum absolute atomic E-state index is 11.6. The molecule has 1 aromatic carbocycles. The fourth-order valence-corrected chi connectivity index (χ4v) is 2.16. The second-order valence-electron chi connectivity index (χ2n) is 4.82. The van der Waals surface area contributed by atoms with Gasteiger partial charge in [0, 0.05) is 12.0 Å².